The molecule has 0 spiro atoms. The van der Waals surface area contributed by atoms with Crippen LogP contribution in [0.25, 0.3) is 0 Å². The van der Waals surface area contributed by atoms with Gasteiger partial charge in [0.15, 0.2) is 0 Å². The number of nitroso groups, excluding NO2 is 1. The first-order chi connectivity index (χ1) is 12.9. The summed E-state index contributed by atoms with van der Waals surface area (Å²) >= 11 is 0. The molecule has 2 saturated heterocycles. The summed E-state index contributed by atoms with van der Waals surface area (Å²) in [6.45, 7) is 5.64. The summed E-state index contributed by atoms with van der Waals surface area (Å²) in [6.07, 6.45) is 2.18. The average Bonchev–Trinajstić information content (AvgIpc) is 2.64. The molecule has 3 rings (SSSR count). The molecule has 0 bridgehead atoms. The minimum absolute atomic E-state index is 0.0254. The molecule has 3 N–H and O–H groups in total. The van der Waals surface area contributed by atoms with Gasteiger partial charge in [0, 0.05) is 40.2 Å². The molecule has 8 heteroatoms. The van der Waals surface area contributed by atoms with Gasteiger partial charge >= 0.3 is 0 Å². The van der Waals surface area contributed by atoms with Gasteiger partial charge in [-0.1, -0.05) is 5.57 Å². The molecule has 0 radical (unpaired) electrons. The van der Waals surface area contributed by atoms with Crippen molar-refractivity contribution in [2.24, 2.45) is 11.8 Å². The third-order valence-corrected chi connectivity index (χ3v) is 6.17. The van der Waals surface area contributed by atoms with Crippen molar-refractivity contribution in [2.45, 2.75) is 57.7 Å². The van der Waals surface area contributed by atoms with Crippen LogP contribution in [0.5, 0.6) is 0 Å². The first-order valence-electron chi connectivity index (χ1n) is 9.74. The predicted octanol–water partition coefficient (Wildman–Crippen LogP) is 0.387. The van der Waals surface area contributed by atoms with E-state index in [2.05, 4.69) is 22.0 Å². The lowest BCUT2D eigenvalue weighted by atomic mass is 9.81. The van der Waals surface area contributed by atoms with Crippen molar-refractivity contribution in [2.75, 3.05) is 19.6 Å². The van der Waals surface area contributed by atoms with E-state index in [1.54, 1.807) is 0 Å². The van der Waals surface area contributed by atoms with Gasteiger partial charge in [0.05, 0.1) is 18.5 Å². The summed E-state index contributed by atoms with van der Waals surface area (Å²) in [4.78, 5) is 37.1. The molecule has 4 unspecified atom stereocenters. The van der Waals surface area contributed by atoms with Crippen molar-refractivity contribution in [1.29, 1.82) is 5.26 Å². The zero-order chi connectivity index (χ0) is 19.6. The normalized spacial score (nSPS) is 32.2. The molecule has 27 heavy (non-hydrogen) atoms. The summed E-state index contributed by atoms with van der Waals surface area (Å²) in [5.74, 6) is -0.407. The highest BCUT2D eigenvalue weighted by Crippen LogP contribution is 2.29. The number of nitriles is 1. The molecular weight excluding hydrogens is 346 g/mol. The molecule has 2 amide bonds. The fourth-order valence-electron chi connectivity index (χ4n) is 4.49. The van der Waals surface area contributed by atoms with Crippen molar-refractivity contribution in [1.82, 2.24) is 16.0 Å². The van der Waals surface area contributed by atoms with Crippen LogP contribution in [0, 0.1) is 28.1 Å². The van der Waals surface area contributed by atoms with E-state index in [0.717, 1.165) is 29.8 Å². The Morgan fingerprint density at radius 2 is 2.19 bits per heavy atom. The van der Waals surface area contributed by atoms with E-state index in [9.17, 15) is 14.5 Å². The van der Waals surface area contributed by atoms with Crippen molar-refractivity contribution in [3.8, 4) is 6.07 Å². The maximum Gasteiger partial charge on any atom is 0.247 e. The van der Waals surface area contributed by atoms with Crippen LogP contribution in [0.1, 0.15) is 39.5 Å². The minimum Gasteiger partial charge on any atom is -0.349 e. The number of rotatable bonds is 4. The third-order valence-electron chi connectivity index (χ3n) is 6.17. The first kappa shape index (κ1) is 19.5. The first-order valence-corrected chi connectivity index (χ1v) is 9.74. The Morgan fingerprint density at radius 1 is 1.41 bits per heavy atom. The quantitative estimate of drug-likeness (QED) is 0.616. The Kier molecular flexibility index (Phi) is 5.90. The van der Waals surface area contributed by atoms with Crippen LogP contribution in [-0.4, -0.2) is 54.3 Å². The molecule has 0 aromatic heterocycles. The summed E-state index contributed by atoms with van der Waals surface area (Å²) in [5, 5.41) is 18.2. The lowest BCUT2D eigenvalue weighted by Gasteiger charge is -2.38. The smallest absolute Gasteiger partial charge is 0.247 e. The molecule has 2 fully saturated rings. The van der Waals surface area contributed by atoms with Gasteiger partial charge in [-0.15, -0.1) is 0 Å². The van der Waals surface area contributed by atoms with Gasteiger partial charge in [0.2, 0.25) is 24.4 Å². The van der Waals surface area contributed by atoms with Crippen molar-refractivity contribution in [3.63, 3.8) is 0 Å². The average molecular weight is 374 g/mol. The Bertz CT molecular complexity index is 711. The van der Waals surface area contributed by atoms with Crippen molar-refractivity contribution in [3.05, 3.63) is 16.1 Å². The SMILES string of the molecule is CC1=C(CC(=O)N[C@@H](C)C2CCC(C#N)C[N+]2=O)C(=O)NC2CCNCC12. The number of piperidine rings is 2. The van der Waals surface area contributed by atoms with E-state index >= 15 is 0 Å². The molecule has 146 valence electrons. The summed E-state index contributed by atoms with van der Waals surface area (Å²) in [5.41, 5.74) is 1.52. The fraction of sp³-hybridized carbons (Fsp3) is 0.737. The van der Waals surface area contributed by atoms with Crippen LogP contribution in [-0.2, 0) is 9.59 Å². The second kappa shape index (κ2) is 8.17. The zero-order valence-corrected chi connectivity index (χ0v) is 16.0. The van der Waals surface area contributed by atoms with E-state index in [0.29, 0.717) is 18.4 Å². The van der Waals surface area contributed by atoms with Gasteiger partial charge in [-0.25, -0.2) is 0 Å². The van der Waals surface area contributed by atoms with Gasteiger partial charge in [-0.2, -0.15) is 5.26 Å². The highest BCUT2D eigenvalue weighted by Gasteiger charge is 2.40. The molecule has 8 nitrogen and oxygen atoms in total. The third kappa shape index (κ3) is 4.19. The number of nitrogens with one attached hydrogen (secondary N) is 3. The van der Waals surface area contributed by atoms with E-state index in [1.807, 2.05) is 13.8 Å². The molecule has 5 atom stereocenters. The maximum atomic E-state index is 12.5. The van der Waals surface area contributed by atoms with Gasteiger partial charge < -0.3 is 16.0 Å². The maximum absolute atomic E-state index is 12.5. The molecule has 0 aromatic carbocycles. The number of amides is 2. The topological polar surface area (TPSA) is 114 Å². The Morgan fingerprint density at radius 3 is 2.89 bits per heavy atom. The molecule has 0 aromatic rings. The molecule has 0 aliphatic carbocycles. The van der Waals surface area contributed by atoms with Gasteiger partial charge in [0.25, 0.3) is 0 Å². The zero-order valence-electron chi connectivity index (χ0n) is 16.0. The highest BCUT2D eigenvalue weighted by atomic mass is 16.3. The molecule has 0 saturated carbocycles. The largest absolute Gasteiger partial charge is 0.349 e. The standard InChI is InChI=1S/C19H27N5O3/c1-11-14(19(26)23-16-5-6-21-9-15(11)16)7-18(25)22-12(2)17-4-3-13(8-20)10-24(17)27/h12-13,15-17,21H,3-7,9-10H2,1-2H3,(H-,22,23,25,26)/p+1/t12-,13?,15?,16?,17?/m0/s1. The Hall–Kier alpha value is -2.27. The van der Waals surface area contributed by atoms with E-state index in [-0.39, 0.29) is 54.7 Å². The number of hydrogen-bond acceptors (Lipinski definition) is 5. The van der Waals surface area contributed by atoms with E-state index in [4.69, 9.17) is 5.26 Å². The van der Waals surface area contributed by atoms with Gasteiger partial charge in [-0.3, -0.25) is 9.59 Å². The number of carbonyl (C=O) groups is 2. The lowest BCUT2D eigenvalue weighted by molar-refractivity contribution is -0.603. The molecule has 3 aliphatic heterocycles. The van der Waals surface area contributed by atoms with Crippen LogP contribution in [0.3, 0.4) is 0 Å². The number of carbonyl (C=O) groups excluding carboxylic acids is 2. The lowest BCUT2D eigenvalue weighted by Crippen LogP contribution is -2.54. The molecule has 3 heterocycles. The van der Waals surface area contributed by atoms with Crippen molar-refractivity contribution >= 4 is 11.8 Å². The van der Waals surface area contributed by atoms with Gasteiger partial charge in [0.1, 0.15) is 5.92 Å². The fourth-order valence-corrected chi connectivity index (χ4v) is 4.49. The van der Waals surface area contributed by atoms with Crippen molar-refractivity contribution < 1.29 is 14.3 Å². The predicted molar refractivity (Wildman–Crippen MR) is 98.4 cm³/mol. The molecule has 3 aliphatic rings. The number of fused-ring (bicyclic) bond motifs is 1. The molecular formula is C19H28N5O3+. The monoisotopic (exact) mass is 374 g/mol. The van der Waals surface area contributed by atoms with E-state index < -0.39 is 0 Å². The second-order valence-electron chi connectivity index (χ2n) is 7.94. The minimum atomic E-state index is -0.333. The van der Waals surface area contributed by atoms with E-state index in [1.165, 1.54) is 0 Å². The van der Waals surface area contributed by atoms with Gasteiger partial charge in [-0.05, 0) is 33.2 Å². The number of nitrogens with zero attached hydrogens (tertiary/aromatic N) is 2. The summed E-state index contributed by atoms with van der Waals surface area (Å²) in [6, 6.07) is 1.62. The summed E-state index contributed by atoms with van der Waals surface area (Å²) < 4.78 is 0.915. The highest BCUT2D eigenvalue weighted by molar-refractivity contribution is 6.00. The van der Waals surface area contributed by atoms with Crippen LogP contribution in [0.4, 0.5) is 0 Å². The second-order valence-corrected chi connectivity index (χ2v) is 7.94. The number of hydrogen-bond donors (Lipinski definition) is 3. The summed E-state index contributed by atoms with van der Waals surface area (Å²) in [7, 11) is 0. The Labute approximate surface area is 159 Å². The van der Waals surface area contributed by atoms with Crippen LogP contribution in [0.15, 0.2) is 11.1 Å². The van der Waals surface area contributed by atoms with Crippen LogP contribution >= 0.6 is 0 Å². The van der Waals surface area contributed by atoms with Crippen LogP contribution in [0.2, 0.25) is 0 Å². The Balaban J connectivity index is 1.61. The van der Waals surface area contributed by atoms with Crippen LogP contribution < -0.4 is 16.0 Å².